The van der Waals surface area contributed by atoms with Crippen LogP contribution < -0.4 is 11.1 Å². The number of aromatic nitrogens is 1. The lowest BCUT2D eigenvalue weighted by Gasteiger charge is -2.18. The monoisotopic (exact) mass is 282 g/mol. The van der Waals surface area contributed by atoms with E-state index in [9.17, 15) is 9.18 Å². The SMILES string of the molecule is COCCN1C[C@@H](NC(N)=O)[C@H](c2cncc(F)c2)C1. The topological polar surface area (TPSA) is 80.5 Å². The van der Waals surface area contributed by atoms with Gasteiger partial charge in [-0.3, -0.25) is 9.88 Å². The number of rotatable bonds is 5. The number of methoxy groups -OCH3 is 1. The maximum Gasteiger partial charge on any atom is 0.312 e. The van der Waals surface area contributed by atoms with E-state index >= 15 is 0 Å². The molecule has 0 radical (unpaired) electrons. The number of urea groups is 1. The van der Waals surface area contributed by atoms with Crippen molar-refractivity contribution in [2.24, 2.45) is 5.73 Å². The number of carbonyl (C=O) groups excluding carboxylic acids is 1. The molecular formula is C13H19FN4O2. The Bertz CT molecular complexity index is 471. The number of amides is 2. The van der Waals surface area contributed by atoms with E-state index in [1.54, 1.807) is 13.3 Å². The number of primary amides is 1. The summed E-state index contributed by atoms with van der Waals surface area (Å²) in [7, 11) is 1.64. The van der Waals surface area contributed by atoms with Crippen LogP contribution in [0.25, 0.3) is 0 Å². The van der Waals surface area contributed by atoms with E-state index in [0.717, 1.165) is 18.3 Å². The van der Waals surface area contributed by atoms with Crippen molar-refractivity contribution in [2.45, 2.75) is 12.0 Å². The summed E-state index contributed by atoms with van der Waals surface area (Å²) < 4.78 is 18.4. The fraction of sp³-hybridized carbons (Fsp3) is 0.538. The van der Waals surface area contributed by atoms with Crippen LogP contribution in [-0.2, 0) is 4.74 Å². The minimum atomic E-state index is -0.571. The van der Waals surface area contributed by atoms with Crippen LogP contribution in [0.3, 0.4) is 0 Å². The third-order valence-electron chi connectivity index (χ3n) is 3.49. The van der Waals surface area contributed by atoms with Gasteiger partial charge in [0.2, 0.25) is 0 Å². The predicted octanol–water partition coefficient (Wildman–Crippen LogP) is 0.303. The first-order chi connectivity index (χ1) is 9.60. The van der Waals surface area contributed by atoms with Crippen molar-refractivity contribution >= 4 is 6.03 Å². The number of pyridine rings is 1. The van der Waals surface area contributed by atoms with Gasteiger partial charge in [-0.15, -0.1) is 0 Å². The van der Waals surface area contributed by atoms with E-state index in [1.807, 2.05) is 0 Å². The van der Waals surface area contributed by atoms with Crippen LogP contribution in [0.15, 0.2) is 18.5 Å². The molecule has 1 aromatic heterocycles. The van der Waals surface area contributed by atoms with Crippen LogP contribution in [0.2, 0.25) is 0 Å². The second kappa shape index (κ2) is 6.62. The molecule has 20 heavy (non-hydrogen) atoms. The fourth-order valence-electron chi connectivity index (χ4n) is 2.59. The number of hydrogen-bond donors (Lipinski definition) is 2. The molecule has 2 atom stereocenters. The Kier molecular flexibility index (Phi) is 4.86. The molecule has 0 aliphatic carbocycles. The van der Waals surface area contributed by atoms with Gasteiger partial charge in [-0.2, -0.15) is 0 Å². The van der Waals surface area contributed by atoms with Crippen molar-refractivity contribution in [2.75, 3.05) is 33.4 Å². The van der Waals surface area contributed by atoms with E-state index in [-0.39, 0.29) is 17.8 Å². The van der Waals surface area contributed by atoms with Crippen LogP contribution in [-0.4, -0.2) is 55.3 Å². The fourth-order valence-corrected chi connectivity index (χ4v) is 2.59. The van der Waals surface area contributed by atoms with Gasteiger partial charge in [-0.1, -0.05) is 0 Å². The molecule has 1 aromatic rings. The zero-order chi connectivity index (χ0) is 14.5. The lowest BCUT2D eigenvalue weighted by molar-refractivity contribution is 0.159. The first-order valence-corrected chi connectivity index (χ1v) is 6.48. The number of likely N-dealkylation sites (tertiary alicyclic amines) is 1. The Morgan fingerprint density at radius 1 is 1.60 bits per heavy atom. The highest BCUT2D eigenvalue weighted by Gasteiger charge is 2.34. The molecule has 1 fully saturated rings. The molecule has 110 valence electrons. The number of ether oxygens (including phenoxy) is 1. The Labute approximate surface area is 117 Å². The first kappa shape index (κ1) is 14.7. The largest absolute Gasteiger partial charge is 0.383 e. The van der Waals surface area contributed by atoms with Gasteiger partial charge in [0.15, 0.2) is 0 Å². The minimum Gasteiger partial charge on any atom is -0.383 e. The molecule has 7 heteroatoms. The summed E-state index contributed by atoms with van der Waals surface area (Å²) in [6.07, 6.45) is 2.79. The van der Waals surface area contributed by atoms with Gasteiger partial charge >= 0.3 is 6.03 Å². The van der Waals surface area contributed by atoms with Crippen molar-refractivity contribution in [3.63, 3.8) is 0 Å². The van der Waals surface area contributed by atoms with E-state index in [0.29, 0.717) is 19.7 Å². The Morgan fingerprint density at radius 2 is 2.40 bits per heavy atom. The molecule has 0 aromatic carbocycles. The second-order valence-electron chi connectivity index (χ2n) is 4.91. The van der Waals surface area contributed by atoms with Gasteiger partial charge in [-0.25, -0.2) is 9.18 Å². The Hall–Kier alpha value is -1.73. The highest BCUT2D eigenvalue weighted by molar-refractivity contribution is 5.72. The van der Waals surface area contributed by atoms with E-state index in [1.165, 1.54) is 6.07 Å². The lowest BCUT2D eigenvalue weighted by Crippen LogP contribution is -2.42. The van der Waals surface area contributed by atoms with Crippen LogP contribution >= 0.6 is 0 Å². The number of nitrogens with zero attached hydrogens (tertiary/aromatic N) is 2. The molecule has 2 rings (SSSR count). The van der Waals surface area contributed by atoms with Gasteiger partial charge < -0.3 is 15.8 Å². The van der Waals surface area contributed by atoms with E-state index in [2.05, 4.69) is 15.2 Å². The maximum atomic E-state index is 13.3. The zero-order valence-corrected chi connectivity index (χ0v) is 11.4. The molecule has 6 nitrogen and oxygen atoms in total. The molecular weight excluding hydrogens is 263 g/mol. The lowest BCUT2D eigenvalue weighted by atomic mass is 9.96. The molecule has 2 heterocycles. The average molecular weight is 282 g/mol. The van der Waals surface area contributed by atoms with Crippen molar-refractivity contribution in [1.29, 1.82) is 0 Å². The summed E-state index contributed by atoms with van der Waals surface area (Å²) in [4.78, 5) is 17.1. The van der Waals surface area contributed by atoms with Crippen LogP contribution in [0.4, 0.5) is 9.18 Å². The third kappa shape index (κ3) is 3.64. The summed E-state index contributed by atoms with van der Waals surface area (Å²) in [5, 5.41) is 2.72. The standard InChI is InChI=1S/C13H19FN4O2/c1-20-3-2-18-7-11(12(8-18)17-13(15)19)9-4-10(14)6-16-5-9/h4-6,11-12H,2-3,7-8H2,1H3,(H3,15,17,19)/t11-,12+/m0/s1. The second-order valence-corrected chi connectivity index (χ2v) is 4.91. The predicted molar refractivity (Wildman–Crippen MR) is 71.8 cm³/mol. The van der Waals surface area contributed by atoms with Crippen molar-refractivity contribution in [3.05, 3.63) is 29.8 Å². The summed E-state index contributed by atoms with van der Waals surface area (Å²) in [6.45, 7) is 2.73. The Morgan fingerprint density at radius 3 is 3.05 bits per heavy atom. The summed E-state index contributed by atoms with van der Waals surface area (Å²) >= 11 is 0. The summed E-state index contributed by atoms with van der Waals surface area (Å²) in [6, 6.07) is 0.735. The van der Waals surface area contributed by atoms with E-state index in [4.69, 9.17) is 10.5 Å². The Balaban J connectivity index is 2.12. The molecule has 1 aliphatic heterocycles. The molecule has 0 bridgehead atoms. The number of carbonyl (C=O) groups is 1. The van der Waals surface area contributed by atoms with Gasteiger partial charge in [0.1, 0.15) is 5.82 Å². The van der Waals surface area contributed by atoms with Crippen LogP contribution in [0, 0.1) is 5.82 Å². The average Bonchev–Trinajstić information content (AvgIpc) is 2.78. The van der Waals surface area contributed by atoms with Crippen LogP contribution in [0.1, 0.15) is 11.5 Å². The summed E-state index contributed by atoms with van der Waals surface area (Å²) in [5.41, 5.74) is 5.97. The van der Waals surface area contributed by atoms with Crippen molar-refractivity contribution in [1.82, 2.24) is 15.2 Å². The number of nitrogens with two attached hydrogens (primary N) is 1. The molecule has 0 unspecified atom stereocenters. The van der Waals surface area contributed by atoms with E-state index < -0.39 is 6.03 Å². The number of halogens is 1. The first-order valence-electron chi connectivity index (χ1n) is 6.48. The molecule has 1 aliphatic rings. The van der Waals surface area contributed by atoms with Gasteiger partial charge in [0.25, 0.3) is 0 Å². The van der Waals surface area contributed by atoms with Crippen molar-refractivity contribution < 1.29 is 13.9 Å². The summed E-state index contributed by atoms with van der Waals surface area (Å²) in [5.74, 6) is -0.404. The van der Waals surface area contributed by atoms with Gasteiger partial charge in [-0.05, 0) is 11.6 Å². The highest BCUT2D eigenvalue weighted by atomic mass is 19.1. The molecule has 0 saturated carbocycles. The minimum absolute atomic E-state index is 0.0254. The smallest absolute Gasteiger partial charge is 0.312 e. The van der Waals surface area contributed by atoms with Crippen molar-refractivity contribution in [3.8, 4) is 0 Å². The quantitative estimate of drug-likeness (QED) is 0.814. The van der Waals surface area contributed by atoms with Gasteiger partial charge in [0.05, 0.1) is 18.8 Å². The number of nitrogens with one attached hydrogen (secondary N) is 1. The number of hydrogen-bond acceptors (Lipinski definition) is 4. The maximum absolute atomic E-state index is 13.3. The highest BCUT2D eigenvalue weighted by Crippen LogP contribution is 2.27. The molecule has 0 spiro atoms. The van der Waals surface area contributed by atoms with Crippen LogP contribution in [0.5, 0.6) is 0 Å². The molecule has 2 amide bonds. The zero-order valence-electron chi connectivity index (χ0n) is 11.4. The molecule has 3 N–H and O–H groups in total. The van der Waals surface area contributed by atoms with Gasteiger partial charge in [0, 0.05) is 38.9 Å². The third-order valence-corrected chi connectivity index (χ3v) is 3.49. The normalized spacial score (nSPS) is 22.9. The molecule has 1 saturated heterocycles.